The van der Waals surface area contributed by atoms with E-state index in [1.54, 1.807) is 0 Å². The van der Waals surface area contributed by atoms with Crippen molar-refractivity contribution in [2.24, 2.45) is 0 Å². The van der Waals surface area contributed by atoms with E-state index in [1.165, 1.54) is 0 Å². The zero-order valence-electron chi connectivity index (χ0n) is 9.89. The lowest BCUT2D eigenvalue weighted by Crippen LogP contribution is -1.94. The summed E-state index contributed by atoms with van der Waals surface area (Å²) in [7, 11) is 0. The van der Waals surface area contributed by atoms with Gasteiger partial charge < -0.3 is 5.73 Å². The maximum atomic E-state index is 6.17. The van der Waals surface area contributed by atoms with E-state index in [-0.39, 0.29) is 0 Å². The summed E-state index contributed by atoms with van der Waals surface area (Å²) < 4.78 is 1.93. The molecule has 0 spiro atoms. The van der Waals surface area contributed by atoms with Crippen LogP contribution in [0.15, 0.2) is 42.6 Å². The summed E-state index contributed by atoms with van der Waals surface area (Å²) in [5.74, 6) is 0.820. The summed E-state index contributed by atoms with van der Waals surface area (Å²) in [6.07, 6.45) is 1.92. The molecule has 0 atom stereocenters. The van der Waals surface area contributed by atoms with Crippen LogP contribution in [-0.4, -0.2) is 9.38 Å². The Labute approximate surface area is 110 Å². The topological polar surface area (TPSA) is 43.3 Å². The smallest absolute Gasteiger partial charge is 0.157 e. The van der Waals surface area contributed by atoms with Crippen molar-refractivity contribution in [2.45, 2.75) is 6.92 Å². The van der Waals surface area contributed by atoms with Gasteiger partial charge >= 0.3 is 0 Å². The lowest BCUT2D eigenvalue weighted by molar-refractivity contribution is 1.16. The van der Waals surface area contributed by atoms with Crippen LogP contribution in [0.1, 0.15) is 5.56 Å². The van der Waals surface area contributed by atoms with Crippen molar-refractivity contribution in [1.82, 2.24) is 9.38 Å². The molecule has 2 N–H and O–H groups in total. The summed E-state index contributed by atoms with van der Waals surface area (Å²) in [5.41, 5.74) is 9.55. The molecule has 0 fully saturated rings. The van der Waals surface area contributed by atoms with Crippen molar-refractivity contribution in [3.8, 4) is 11.4 Å². The maximum Gasteiger partial charge on any atom is 0.157 e. The molecule has 0 aliphatic heterocycles. The average molecular weight is 258 g/mol. The second-order valence-corrected chi connectivity index (χ2v) is 4.58. The Bertz CT molecular complexity index is 731. The molecular formula is C14H12ClN3. The quantitative estimate of drug-likeness (QED) is 0.725. The number of aryl methyl sites for hydroxylation is 1. The van der Waals surface area contributed by atoms with E-state index < -0.39 is 0 Å². The molecule has 0 unspecified atom stereocenters. The first-order valence-electron chi connectivity index (χ1n) is 5.66. The highest BCUT2D eigenvalue weighted by atomic mass is 35.5. The highest BCUT2D eigenvalue weighted by Crippen LogP contribution is 2.30. The minimum Gasteiger partial charge on any atom is -0.397 e. The predicted molar refractivity (Wildman–Crippen MR) is 74.8 cm³/mol. The van der Waals surface area contributed by atoms with Gasteiger partial charge in [-0.15, -0.1) is 0 Å². The zero-order valence-corrected chi connectivity index (χ0v) is 10.6. The molecule has 90 valence electrons. The number of pyridine rings is 1. The number of aromatic nitrogens is 2. The van der Waals surface area contributed by atoms with Crippen LogP contribution in [0.4, 0.5) is 5.69 Å². The second kappa shape index (κ2) is 4.03. The molecule has 0 saturated heterocycles. The molecule has 3 rings (SSSR count). The normalized spacial score (nSPS) is 11.0. The van der Waals surface area contributed by atoms with E-state index in [0.717, 1.165) is 22.5 Å². The predicted octanol–water partition coefficient (Wildman–Crippen LogP) is 3.55. The third kappa shape index (κ3) is 1.56. The van der Waals surface area contributed by atoms with Crippen LogP contribution in [0, 0.1) is 6.92 Å². The number of imidazole rings is 1. The number of hydrogen-bond acceptors (Lipinski definition) is 2. The lowest BCUT2D eigenvalue weighted by Gasteiger charge is -2.05. The van der Waals surface area contributed by atoms with Gasteiger partial charge in [-0.3, -0.25) is 4.40 Å². The number of benzene rings is 1. The summed E-state index contributed by atoms with van der Waals surface area (Å²) in [6.45, 7) is 2.05. The van der Waals surface area contributed by atoms with Gasteiger partial charge in [-0.2, -0.15) is 0 Å². The van der Waals surface area contributed by atoms with Crippen molar-refractivity contribution < 1.29 is 0 Å². The largest absolute Gasteiger partial charge is 0.397 e. The number of anilines is 1. The molecule has 2 aromatic heterocycles. The van der Waals surface area contributed by atoms with E-state index in [9.17, 15) is 0 Å². The molecule has 3 nitrogen and oxygen atoms in total. The monoisotopic (exact) mass is 257 g/mol. The molecular weight excluding hydrogens is 246 g/mol. The summed E-state index contributed by atoms with van der Waals surface area (Å²) >= 11 is 6.17. The van der Waals surface area contributed by atoms with Gasteiger partial charge in [0.05, 0.1) is 5.69 Å². The van der Waals surface area contributed by atoms with Gasteiger partial charge in [-0.25, -0.2) is 4.98 Å². The number of hydrogen-bond donors (Lipinski definition) is 1. The molecule has 4 heteroatoms. The SMILES string of the molecule is Cc1ccccc1-c1nc(Cl)c2c(N)cccn12. The molecule has 18 heavy (non-hydrogen) atoms. The molecule has 0 aliphatic carbocycles. The Hall–Kier alpha value is -2.00. The fourth-order valence-electron chi connectivity index (χ4n) is 2.13. The van der Waals surface area contributed by atoms with Crippen LogP contribution in [0.25, 0.3) is 16.9 Å². The first-order valence-corrected chi connectivity index (χ1v) is 6.04. The van der Waals surface area contributed by atoms with E-state index in [0.29, 0.717) is 10.8 Å². The van der Waals surface area contributed by atoms with Crippen LogP contribution >= 0.6 is 11.6 Å². The molecule has 0 amide bonds. The number of nitrogens with two attached hydrogens (primary N) is 1. The summed E-state index contributed by atoms with van der Waals surface area (Å²) in [5, 5.41) is 0.436. The van der Waals surface area contributed by atoms with Crippen molar-refractivity contribution >= 4 is 22.8 Å². The second-order valence-electron chi connectivity index (χ2n) is 4.22. The number of fused-ring (bicyclic) bond motifs is 1. The van der Waals surface area contributed by atoms with Gasteiger partial charge in [0.15, 0.2) is 5.15 Å². The van der Waals surface area contributed by atoms with E-state index in [4.69, 9.17) is 17.3 Å². The minimum atomic E-state index is 0.436. The Morgan fingerprint density at radius 1 is 1.17 bits per heavy atom. The van der Waals surface area contributed by atoms with E-state index in [2.05, 4.69) is 18.0 Å². The van der Waals surface area contributed by atoms with E-state index in [1.807, 2.05) is 40.9 Å². The highest BCUT2D eigenvalue weighted by Gasteiger charge is 2.14. The van der Waals surface area contributed by atoms with Gasteiger partial charge in [0.2, 0.25) is 0 Å². The third-order valence-electron chi connectivity index (χ3n) is 3.04. The lowest BCUT2D eigenvalue weighted by atomic mass is 10.1. The average Bonchev–Trinajstić information content (AvgIpc) is 2.69. The molecule has 2 heterocycles. The minimum absolute atomic E-state index is 0.436. The van der Waals surface area contributed by atoms with Gasteiger partial charge in [0, 0.05) is 11.8 Å². The summed E-state index contributed by atoms with van der Waals surface area (Å²) in [6, 6.07) is 11.8. The Morgan fingerprint density at radius 2 is 1.94 bits per heavy atom. The molecule has 3 aromatic rings. The number of rotatable bonds is 1. The first kappa shape index (κ1) is 11.1. The number of nitrogen functional groups attached to an aromatic ring is 1. The third-order valence-corrected chi connectivity index (χ3v) is 3.30. The van der Waals surface area contributed by atoms with Crippen LogP contribution in [0.2, 0.25) is 5.15 Å². The number of nitrogens with zero attached hydrogens (tertiary/aromatic N) is 2. The fourth-order valence-corrected chi connectivity index (χ4v) is 2.41. The zero-order chi connectivity index (χ0) is 12.7. The Kier molecular flexibility index (Phi) is 2.49. The van der Waals surface area contributed by atoms with Gasteiger partial charge in [-0.1, -0.05) is 35.9 Å². The van der Waals surface area contributed by atoms with Gasteiger partial charge in [0.25, 0.3) is 0 Å². The molecule has 0 bridgehead atoms. The van der Waals surface area contributed by atoms with Crippen molar-refractivity contribution in [3.05, 3.63) is 53.3 Å². The van der Waals surface area contributed by atoms with Gasteiger partial charge in [0.1, 0.15) is 11.3 Å². The molecule has 1 aromatic carbocycles. The van der Waals surface area contributed by atoms with Gasteiger partial charge in [-0.05, 0) is 24.6 Å². The van der Waals surface area contributed by atoms with Crippen LogP contribution in [-0.2, 0) is 0 Å². The Morgan fingerprint density at radius 3 is 2.72 bits per heavy atom. The van der Waals surface area contributed by atoms with E-state index >= 15 is 0 Å². The van der Waals surface area contributed by atoms with Crippen LogP contribution < -0.4 is 5.73 Å². The highest BCUT2D eigenvalue weighted by molar-refractivity contribution is 6.33. The maximum absolute atomic E-state index is 6.17. The van der Waals surface area contributed by atoms with Crippen LogP contribution in [0.5, 0.6) is 0 Å². The fraction of sp³-hybridized carbons (Fsp3) is 0.0714. The van der Waals surface area contributed by atoms with Crippen molar-refractivity contribution in [1.29, 1.82) is 0 Å². The number of halogens is 1. The molecule has 0 radical (unpaired) electrons. The molecule has 0 aliphatic rings. The molecule has 0 saturated carbocycles. The van der Waals surface area contributed by atoms with Crippen molar-refractivity contribution in [3.63, 3.8) is 0 Å². The standard InChI is InChI=1S/C14H12ClN3/c1-9-5-2-3-6-10(9)14-17-13(15)12-11(16)7-4-8-18(12)14/h2-8H,16H2,1H3. The van der Waals surface area contributed by atoms with Crippen molar-refractivity contribution in [2.75, 3.05) is 5.73 Å². The first-order chi connectivity index (χ1) is 8.68. The van der Waals surface area contributed by atoms with Crippen LogP contribution in [0.3, 0.4) is 0 Å². The summed E-state index contributed by atoms with van der Waals surface area (Å²) in [4.78, 5) is 4.43. The Balaban J connectivity index is 2.38.